The molecule has 2 aromatic rings. The Morgan fingerprint density at radius 2 is 1.76 bits per heavy atom. The highest BCUT2D eigenvalue weighted by Gasteiger charge is 2.42. The number of Topliss-reactive ketones (excluding diaryl/α,β-unsaturated/α-hetero) is 2. The summed E-state index contributed by atoms with van der Waals surface area (Å²) in [4.78, 5) is 37.5. The monoisotopic (exact) mass is 396 g/mol. The Morgan fingerprint density at radius 3 is 2.41 bits per heavy atom. The van der Waals surface area contributed by atoms with Crippen LogP contribution in [0, 0.1) is 32.5 Å². The van der Waals surface area contributed by atoms with Crippen LogP contribution in [-0.2, 0) is 9.59 Å². The number of aryl methyl sites for hydroxylation is 3. The van der Waals surface area contributed by atoms with E-state index in [9.17, 15) is 18.8 Å². The highest BCUT2D eigenvalue weighted by molar-refractivity contribution is 6.15. The second kappa shape index (κ2) is 8.55. The summed E-state index contributed by atoms with van der Waals surface area (Å²) in [7, 11) is 0. The number of urea groups is 1. The number of amides is 2. The van der Waals surface area contributed by atoms with Crippen molar-refractivity contribution < 1.29 is 18.8 Å². The molecular weight excluding hydrogens is 371 g/mol. The molecule has 1 aliphatic carbocycles. The van der Waals surface area contributed by atoms with Crippen LogP contribution in [0.2, 0.25) is 0 Å². The van der Waals surface area contributed by atoms with Crippen LogP contribution in [0.15, 0.2) is 36.4 Å². The van der Waals surface area contributed by atoms with E-state index in [1.54, 1.807) is 6.07 Å². The van der Waals surface area contributed by atoms with Crippen molar-refractivity contribution in [2.24, 2.45) is 5.92 Å². The molecule has 0 radical (unpaired) electrons. The molecule has 6 heteroatoms. The third-order valence-corrected chi connectivity index (χ3v) is 5.38. The topological polar surface area (TPSA) is 75.3 Å². The Morgan fingerprint density at radius 1 is 1.10 bits per heavy atom. The van der Waals surface area contributed by atoms with Crippen LogP contribution in [-0.4, -0.2) is 24.1 Å². The van der Waals surface area contributed by atoms with E-state index in [0.717, 1.165) is 22.3 Å². The number of hydrogen-bond donors (Lipinski definition) is 2. The lowest BCUT2D eigenvalue weighted by atomic mass is 9.86. The van der Waals surface area contributed by atoms with Crippen LogP contribution in [0.3, 0.4) is 0 Å². The van der Waals surface area contributed by atoms with Gasteiger partial charge in [-0.2, -0.15) is 0 Å². The van der Waals surface area contributed by atoms with Gasteiger partial charge in [0, 0.05) is 18.9 Å². The van der Waals surface area contributed by atoms with E-state index in [0.29, 0.717) is 6.42 Å². The van der Waals surface area contributed by atoms with Gasteiger partial charge in [0.1, 0.15) is 17.5 Å². The lowest BCUT2D eigenvalue weighted by molar-refractivity contribution is -0.124. The molecule has 1 saturated carbocycles. The first-order valence-corrected chi connectivity index (χ1v) is 9.71. The first-order valence-electron chi connectivity index (χ1n) is 9.71. The van der Waals surface area contributed by atoms with E-state index in [1.165, 1.54) is 18.2 Å². The highest BCUT2D eigenvalue weighted by atomic mass is 19.1. The van der Waals surface area contributed by atoms with Crippen molar-refractivity contribution in [3.8, 4) is 0 Å². The Balaban J connectivity index is 1.59. The van der Waals surface area contributed by atoms with Crippen molar-refractivity contribution in [1.29, 1.82) is 0 Å². The molecule has 29 heavy (non-hydrogen) atoms. The van der Waals surface area contributed by atoms with Gasteiger partial charge in [0.2, 0.25) is 0 Å². The smallest absolute Gasteiger partial charge is 0.319 e. The molecule has 2 unspecified atom stereocenters. The molecule has 2 atom stereocenters. The minimum absolute atomic E-state index is 0.0640. The Bertz CT molecular complexity index is 947. The molecule has 2 aromatic carbocycles. The molecule has 3 rings (SSSR count). The predicted molar refractivity (Wildman–Crippen MR) is 110 cm³/mol. The number of rotatable bonds is 5. The minimum Gasteiger partial charge on any atom is -0.338 e. The SMILES string of the molecule is Cc1cc(C)c(C2C(=O)CC(CCNC(=O)Nc3ccccc3F)C2=O)c(C)c1. The van der Waals surface area contributed by atoms with Gasteiger partial charge in [0.05, 0.1) is 5.69 Å². The zero-order chi connectivity index (χ0) is 21.1. The molecular formula is C23H25FN2O3. The molecule has 0 saturated heterocycles. The van der Waals surface area contributed by atoms with Crippen molar-refractivity contribution in [2.45, 2.75) is 39.5 Å². The summed E-state index contributed by atoms with van der Waals surface area (Å²) in [5, 5.41) is 5.06. The third-order valence-electron chi connectivity index (χ3n) is 5.38. The number of para-hydroxylation sites is 1. The summed E-state index contributed by atoms with van der Waals surface area (Å²) in [6, 6.07) is 9.31. The summed E-state index contributed by atoms with van der Waals surface area (Å²) in [5.74, 6) is -1.80. The maximum Gasteiger partial charge on any atom is 0.319 e. The molecule has 2 amide bonds. The zero-order valence-corrected chi connectivity index (χ0v) is 16.8. The fourth-order valence-electron chi connectivity index (χ4n) is 4.14. The number of benzene rings is 2. The molecule has 152 valence electrons. The number of hydrogen-bond acceptors (Lipinski definition) is 3. The zero-order valence-electron chi connectivity index (χ0n) is 16.8. The van der Waals surface area contributed by atoms with Gasteiger partial charge in [-0.3, -0.25) is 9.59 Å². The van der Waals surface area contributed by atoms with Crippen LogP contribution in [0.5, 0.6) is 0 Å². The largest absolute Gasteiger partial charge is 0.338 e. The van der Waals surface area contributed by atoms with Gasteiger partial charge in [0.15, 0.2) is 5.78 Å². The standard InChI is InChI=1S/C23H25FN2O3/c1-13-10-14(2)20(15(3)11-13)21-19(27)12-16(22(21)28)8-9-25-23(29)26-18-7-5-4-6-17(18)24/h4-7,10-11,16,21H,8-9,12H2,1-3H3,(H2,25,26,29). The maximum atomic E-state index is 13.6. The van der Waals surface area contributed by atoms with Gasteiger partial charge >= 0.3 is 6.03 Å². The van der Waals surface area contributed by atoms with Gasteiger partial charge < -0.3 is 10.6 Å². The van der Waals surface area contributed by atoms with Crippen molar-refractivity contribution in [3.05, 3.63) is 64.5 Å². The lowest BCUT2D eigenvalue weighted by Crippen LogP contribution is -2.31. The van der Waals surface area contributed by atoms with Crippen molar-refractivity contribution >= 4 is 23.3 Å². The Labute approximate surface area is 169 Å². The van der Waals surface area contributed by atoms with E-state index >= 15 is 0 Å². The summed E-state index contributed by atoms with van der Waals surface area (Å²) in [6.45, 7) is 6.07. The number of ketones is 2. The fraction of sp³-hybridized carbons (Fsp3) is 0.348. The van der Waals surface area contributed by atoms with Gasteiger partial charge in [-0.1, -0.05) is 29.8 Å². The Kier molecular flexibility index (Phi) is 6.11. The molecule has 5 nitrogen and oxygen atoms in total. The van der Waals surface area contributed by atoms with E-state index in [4.69, 9.17) is 0 Å². The molecule has 1 fully saturated rings. The van der Waals surface area contributed by atoms with E-state index < -0.39 is 23.7 Å². The van der Waals surface area contributed by atoms with Gasteiger partial charge in [-0.15, -0.1) is 0 Å². The minimum atomic E-state index is -0.715. The molecule has 0 aromatic heterocycles. The average Bonchev–Trinajstić information content (AvgIpc) is 2.91. The molecule has 0 aliphatic heterocycles. The summed E-state index contributed by atoms with van der Waals surface area (Å²) >= 11 is 0. The fourth-order valence-corrected chi connectivity index (χ4v) is 4.14. The molecule has 1 aliphatic rings. The number of carbonyl (C=O) groups is 3. The Hall–Kier alpha value is -3.02. The number of anilines is 1. The van der Waals surface area contributed by atoms with Crippen LogP contribution >= 0.6 is 0 Å². The van der Waals surface area contributed by atoms with E-state index in [1.807, 2.05) is 32.9 Å². The van der Waals surface area contributed by atoms with E-state index in [2.05, 4.69) is 10.6 Å². The number of nitrogens with one attached hydrogen (secondary N) is 2. The number of carbonyl (C=O) groups excluding carboxylic acids is 3. The summed E-state index contributed by atoms with van der Waals surface area (Å²) in [5.41, 5.74) is 3.92. The van der Waals surface area contributed by atoms with Gasteiger partial charge in [-0.25, -0.2) is 9.18 Å². The normalized spacial score (nSPS) is 18.8. The molecule has 0 heterocycles. The van der Waals surface area contributed by atoms with Crippen LogP contribution < -0.4 is 10.6 Å². The second-order valence-electron chi connectivity index (χ2n) is 7.66. The molecule has 0 spiro atoms. The summed E-state index contributed by atoms with van der Waals surface area (Å²) < 4.78 is 13.6. The molecule has 2 N–H and O–H groups in total. The first-order chi connectivity index (χ1) is 13.8. The van der Waals surface area contributed by atoms with Crippen molar-refractivity contribution in [1.82, 2.24) is 5.32 Å². The second-order valence-corrected chi connectivity index (χ2v) is 7.66. The summed E-state index contributed by atoms with van der Waals surface area (Å²) in [6.07, 6.45) is 0.558. The van der Waals surface area contributed by atoms with Gasteiger partial charge in [-0.05, 0) is 56.0 Å². The van der Waals surface area contributed by atoms with Crippen molar-refractivity contribution in [3.63, 3.8) is 0 Å². The molecule has 0 bridgehead atoms. The highest BCUT2D eigenvalue weighted by Crippen LogP contribution is 2.37. The number of halogens is 1. The maximum absolute atomic E-state index is 13.6. The van der Waals surface area contributed by atoms with Crippen LogP contribution in [0.25, 0.3) is 0 Å². The quantitative estimate of drug-likeness (QED) is 0.744. The lowest BCUT2D eigenvalue weighted by Gasteiger charge is -2.16. The van der Waals surface area contributed by atoms with Crippen LogP contribution in [0.4, 0.5) is 14.9 Å². The third kappa shape index (κ3) is 4.53. The van der Waals surface area contributed by atoms with E-state index in [-0.39, 0.29) is 30.2 Å². The van der Waals surface area contributed by atoms with Gasteiger partial charge in [0.25, 0.3) is 0 Å². The van der Waals surface area contributed by atoms with Crippen LogP contribution in [0.1, 0.15) is 41.0 Å². The van der Waals surface area contributed by atoms with Crippen molar-refractivity contribution in [2.75, 3.05) is 11.9 Å². The average molecular weight is 396 g/mol. The predicted octanol–water partition coefficient (Wildman–Crippen LogP) is 4.20. The first kappa shape index (κ1) is 20.7.